The molecule has 0 aliphatic rings. The third-order valence-electron chi connectivity index (χ3n) is 2.03. The fraction of sp³-hybridized carbons (Fsp3) is 0.400. The van der Waals surface area contributed by atoms with Gasteiger partial charge in [-0.2, -0.15) is 0 Å². The van der Waals surface area contributed by atoms with Gasteiger partial charge >= 0.3 is 6.36 Å². The lowest BCUT2D eigenvalue weighted by Gasteiger charge is -2.18. The molecule has 0 bridgehead atoms. The van der Waals surface area contributed by atoms with Gasteiger partial charge in [-0.1, -0.05) is 15.9 Å². The third-order valence-corrected chi connectivity index (χ3v) is 2.52. The molecule has 0 saturated heterocycles. The maximum absolute atomic E-state index is 12.2. The Morgan fingerprint density at radius 3 is 2.32 bits per heavy atom. The predicted octanol–water partition coefficient (Wildman–Crippen LogP) is 4.42. The first-order chi connectivity index (χ1) is 8.19. The van der Waals surface area contributed by atoms with Crippen molar-refractivity contribution in [3.8, 4) is 5.75 Å². The molecule has 0 amide bonds. The van der Waals surface area contributed by atoms with Gasteiger partial charge in [0.05, 0.1) is 0 Å². The number of hydrogen-bond donors (Lipinski definition) is 1. The number of hydrogen-bond acceptors (Lipinski definition) is 2. The van der Waals surface area contributed by atoms with Crippen molar-refractivity contribution >= 4 is 28.3 Å². The summed E-state index contributed by atoms with van der Waals surface area (Å²) in [5.41, 5.74) is 5.31. The molecule has 2 nitrogen and oxygen atoms in total. The number of nitrogens with two attached hydrogens (primary N) is 1. The molecule has 9 heteroatoms. The smallest absolute Gasteiger partial charge is 0.405 e. The highest BCUT2D eigenvalue weighted by Gasteiger charge is 2.33. The number of benzene rings is 1. The summed E-state index contributed by atoms with van der Waals surface area (Å²) in [6, 6.07) is 2.33. The van der Waals surface area contributed by atoms with Crippen LogP contribution in [-0.2, 0) is 0 Å². The Morgan fingerprint density at radius 2 is 1.84 bits per heavy atom. The van der Waals surface area contributed by atoms with Gasteiger partial charge in [0.15, 0.2) is 0 Å². The van der Waals surface area contributed by atoms with E-state index in [1.165, 1.54) is 12.1 Å². The summed E-state index contributed by atoms with van der Waals surface area (Å²) in [4.78, 5) is 0. The van der Waals surface area contributed by atoms with E-state index < -0.39 is 31.0 Å². The zero-order valence-corrected chi connectivity index (χ0v) is 11.7. The van der Waals surface area contributed by atoms with Crippen LogP contribution >= 0.6 is 28.3 Å². The number of rotatable bonds is 4. The molecule has 110 valence electrons. The average molecular weight is 371 g/mol. The molecule has 0 aliphatic carbocycles. The quantitative estimate of drug-likeness (QED) is 0.796. The molecule has 0 saturated carbocycles. The predicted molar refractivity (Wildman–Crippen MR) is 65.6 cm³/mol. The molecule has 0 fully saturated rings. The fourth-order valence-corrected chi connectivity index (χ4v) is 1.72. The van der Waals surface area contributed by atoms with E-state index in [4.69, 9.17) is 5.73 Å². The summed E-state index contributed by atoms with van der Waals surface area (Å²) in [6.45, 7) is 0. The van der Waals surface area contributed by atoms with Crippen LogP contribution in [-0.4, -0.2) is 12.8 Å². The van der Waals surface area contributed by atoms with E-state index in [9.17, 15) is 22.0 Å². The van der Waals surface area contributed by atoms with Crippen LogP contribution in [0.3, 0.4) is 0 Å². The molecular formula is C10H10BrClF5NO. The lowest BCUT2D eigenvalue weighted by atomic mass is 10.0. The van der Waals surface area contributed by atoms with Gasteiger partial charge in [0, 0.05) is 22.5 Å². The minimum Gasteiger partial charge on any atom is -0.405 e. The van der Waals surface area contributed by atoms with Crippen molar-refractivity contribution in [3.05, 3.63) is 28.2 Å². The van der Waals surface area contributed by atoms with Crippen LogP contribution in [0.15, 0.2) is 22.7 Å². The molecule has 0 unspecified atom stereocenters. The molecule has 0 radical (unpaired) electrons. The molecule has 1 aromatic carbocycles. The SMILES string of the molecule is Cl.N[C@@H](CC(F)F)c1cc(Br)ccc1OC(F)(F)F. The van der Waals surface area contributed by atoms with E-state index in [2.05, 4.69) is 20.7 Å². The average Bonchev–Trinajstić information content (AvgIpc) is 2.17. The van der Waals surface area contributed by atoms with Gasteiger partial charge in [-0.3, -0.25) is 0 Å². The van der Waals surface area contributed by atoms with E-state index in [-0.39, 0.29) is 18.0 Å². The highest BCUT2D eigenvalue weighted by Crippen LogP contribution is 2.33. The molecule has 1 atom stereocenters. The van der Waals surface area contributed by atoms with E-state index >= 15 is 0 Å². The van der Waals surface area contributed by atoms with Crippen molar-refractivity contribution in [2.45, 2.75) is 25.3 Å². The molecule has 1 aromatic rings. The molecule has 0 aromatic heterocycles. The zero-order chi connectivity index (χ0) is 13.9. The van der Waals surface area contributed by atoms with Gasteiger partial charge < -0.3 is 10.5 Å². The summed E-state index contributed by atoms with van der Waals surface area (Å²) in [5.74, 6) is -0.571. The third kappa shape index (κ3) is 6.40. The second kappa shape index (κ2) is 7.25. The molecule has 1 rings (SSSR count). The van der Waals surface area contributed by atoms with E-state index in [0.717, 1.165) is 6.07 Å². The number of alkyl halides is 5. The van der Waals surface area contributed by atoms with E-state index in [0.29, 0.717) is 4.47 Å². The minimum absolute atomic E-state index is 0. The summed E-state index contributed by atoms with van der Waals surface area (Å²) < 4.78 is 64.9. The fourth-order valence-electron chi connectivity index (χ4n) is 1.35. The molecule has 0 heterocycles. The lowest BCUT2D eigenvalue weighted by Crippen LogP contribution is -2.21. The summed E-state index contributed by atoms with van der Waals surface area (Å²) in [7, 11) is 0. The first-order valence-electron chi connectivity index (χ1n) is 4.78. The van der Waals surface area contributed by atoms with Crippen LogP contribution in [0, 0.1) is 0 Å². The molecular weight excluding hydrogens is 360 g/mol. The minimum atomic E-state index is -4.90. The Kier molecular flexibility index (Phi) is 7.02. The maximum atomic E-state index is 12.2. The van der Waals surface area contributed by atoms with Crippen molar-refractivity contribution in [2.24, 2.45) is 5.73 Å². The summed E-state index contributed by atoms with van der Waals surface area (Å²) in [6.07, 6.45) is -8.35. The van der Waals surface area contributed by atoms with Crippen molar-refractivity contribution in [3.63, 3.8) is 0 Å². The summed E-state index contributed by atoms with van der Waals surface area (Å²) in [5, 5.41) is 0. The van der Waals surface area contributed by atoms with Gasteiger partial charge in [0.25, 0.3) is 0 Å². The van der Waals surface area contributed by atoms with Crippen LogP contribution in [0.25, 0.3) is 0 Å². The van der Waals surface area contributed by atoms with Gasteiger partial charge in [-0.15, -0.1) is 25.6 Å². The van der Waals surface area contributed by atoms with Crippen molar-refractivity contribution < 1.29 is 26.7 Å². The van der Waals surface area contributed by atoms with Crippen molar-refractivity contribution in [1.29, 1.82) is 0 Å². The first kappa shape index (κ1) is 18.4. The second-order valence-electron chi connectivity index (χ2n) is 3.46. The topological polar surface area (TPSA) is 35.2 Å². The van der Waals surface area contributed by atoms with E-state index in [1.54, 1.807) is 0 Å². The number of ether oxygens (including phenoxy) is 1. The highest BCUT2D eigenvalue weighted by atomic mass is 79.9. The Bertz CT molecular complexity index is 415. The number of halogens is 7. The van der Waals surface area contributed by atoms with Gasteiger partial charge in [0.1, 0.15) is 5.75 Å². The monoisotopic (exact) mass is 369 g/mol. The van der Waals surface area contributed by atoms with Crippen molar-refractivity contribution in [2.75, 3.05) is 0 Å². The van der Waals surface area contributed by atoms with Crippen LogP contribution in [0.4, 0.5) is 22.0 Å². The Morgan fingerprint density at radius 1 is 1.26 bits per heavy atom. The normalized spacial score (nSPS) is 13.1. The van der Waals surface area contributed by atoms with Crippen LogP contribution in [0.1, 0.15) is 18.0 Å². The van der Waals surface area contributed by atoms with Gasteiger partial charge in [0.2, 0.25) is 6.43 Å². The Labute approximate surface area is 120 Å². The highest BCUT2D eigenvalue weighted by molar-refractivity contribution is 9.10. The Hall–Kier alpha value is -0.600. The van der Waals surface area contributed by atoms with E-state index in [1.807, 2.05) is 0 Å². The standard InChI is InChI=1S/C10H9BrF5NO.ClH/c11-5-1-2-8(18-10(14,15)16)6(3-5)7(17)4-9(12)13;/h1-3,7,9H,4,17H2;1H/t7-;/m0./s1. The first-order valence-corrected chi connectivity index (χ1v) is 5.57. The summed E-state index contributed by atoms with van der Waals surface area (Å²) >= 11 is 3.03. The van der Waals surface area contributed by atoms with Gasteiger partial charge in [-0.25, -0.2) is 8.78 Å². The molecule has 19 heavy (non-hydrogen) atoms. The maximum Gasteiger partial charge on any atom is 0.573 e. The Balaban J connectivity index is 0.00000324. The lowest BCUT2D eigenvalue weighted by molar-refractivity contribution is -0.275. The second-order valence-corrected chi connectivity index (χ2v) is 4.38. The van der Waals surface area contributed by atoms with Crippen LogP contribution < -0.4 is 10.5 Å². The largest absolute Gasteiger partial charge is 0.573 e. The van der Waals surface area contributed by atoms with Crippen LogP contribution in [0.5, 0.6) is 5.75 Å². The molecule has 0 aliphatic heterocycles. The van der Waals surface area contributed by atoms with Gasteiger partial charge in [-0.05, 0) is 18.2 Å². The zero-order valence-electron chi connectivity index (χ0n) is 9.26. The molecule has 2 N–H and O–H groups in total. The van der Waals surface area contributed by atoms with Crippen LogP contribution in [0.2, 0.25) is 0 Å². The molecule has 0 spiro atoms. The van der Waals surface area contributed by atoms with Crippen molar-refractivity contribution in [1.82, 2.24) is 0 Å².